The second kappa shape index (κ2) is 10.2. The van der Waals surface area contributed by atoms with Crippen molar-refractivity contribution in [3.8, 4) is 16.9 Å². The van der Waals surface area contributed by atoms with Gasteiger partial charge in [0.1, 0.15) is 11.5 Å². The number of phenols is 1. The number of carbonyl (C=O) groups is 4. The molecule has 0 saturated heterocycles. The highest BCUT2D eigenvalue weighted by Crippen LogP contribution is 2.53. The predicted molar refractivity (Wildman–Crippen MR) is 147 cm³/mol. The second-order valence-corrected chi connectivity index (χ2v) is 11.4. The monoisotopic (exact) mass is 565 g/mol. The van der Waals surface area contributed by atoms with Crippen molar-refractivity contribution in [2.24, 2.45) is 23.5 Å². The lowest BCUT2D eigenvalue weighted by atomic mass is 9.54. The molecule has 1 amide bonds. The highest BCUT2D eigenvalue weighted by atomic mass is 16.3. The van der Waals surface area contributed by atoms with Crippen molar-refractivity contribution < 1.29 is 38.9 Å². The Balaban J connectivity index is 1.73. The Bertz CT molecular complexity index is 1470. The average Bonchev–Trinajstić information content (AvgIpc) is 3.45. The van der Waals surface area contributed by atoms with Crippen molar-refractivity contribution in [2.75, 3.05) is 27.2 Å². The SMILES string of the molecule is CCN(CC)Cc1cc(-c2ccoc2)c2c(c1O)C(O)=C1C(=O)[C@]3(O)C(=O)C(C(N)=O)C(=O)[C@@H](N(C)C)[C@@H]3C[C@@H]1C2. The number of furan rings is 1. The number of likely N-dealkylation sites (N-methyl/N-ethyl adjacent to an activating group) is 1. The molecule has 2 aromatic rings. The number of primary amides is 1. The molecule has 2 saturated carbocycles. The van der Waals surface area contributed by atoms with Crippen LogP contribution in [0.4, 0.5) is 0 Å². The van der Waals surface area contributed by atoms with Gasteiger partial charge >= 0.3 is 0 Å². The maximum Gasteiger partial charge on any atom is 0.235 e. The Labute approximate surface area is 237 Å². The number of fused-ring (bicyclic) bond motifs is 3. The number of phenolic OH excluding ortho intramolecular Hbond substituents is 1. The van der Waals surface area contributed by atoms with Gasteiger partial charge in [-0.2, -0.15) is 0 Å². The third-order valence-corrected chi connectivity index (χ3v) is 9.06. The summed E-state index contributed by atoms with van der Waals surface area (Å²) in [6.07, 6.45) is 3.26. The zero-order chi connectivity index (χ0) is 30.0. The molecule has 11 heteroatoms. The van der Waals surface area contributed by atoms with E-state index in [4.69, 9.17) is 10.2 Å². The number of hydrogen-bond donors (Lipinski definition) is 4. The maximum absolute atomic E-state index is 14.1. The number of nitrogens with two attached hydrogens (primary N) is 1. The number of rotatable bonds is 7. The van der Waals surface area contributed by atoms with Crippen molar-refractivity contribution in [1.82, 2.24) is 9.80 Å². The summed E-state index contributed by atoms with van der Waals surface area (Å²) in [5.41, 5.74) is 5.04. The van der Waals surface area contributed by atoms with Gasteiger partial charge in [-0.05, 0) is 69.2 Å². The number of benzene rings is 1. The lowest BCUT2D eigenvalue weighted by Crippen LogP contribution is -2.72. The zero-order valence-corrected chi connectivity index (χ0v) is 23.5. The van der Waals surface area contributed by atoms with Crippen LogP contribution in [0.3, 0.4) is 0 Å². The summed E-state index contributed by atoms with van der Waals surface area (Å²) in [6.45, 7) is 5.78. The lowest BCUT2D eigenvalue weighted by Gasteiger charge is -2.51. The fourth-order valence-electron chi connectivity index (χ4n) is 6.99. The Morgan fingerprint density at radius 2 is 1.85 bits per heavy atom. The molecule has 0 aliphatic heterocycles. The number of amides is 1. The molecule has 218 valence electrons. The molecule has 0 bridgehead atoms. The molecule has 1 aromatic heterocycles. The Morgan fingerprint density at radius 1 is 1.17 bits per heavy atom. The van der Waals surface area contributed by atoms with E-state index < -0.39 is 58.4 Å². The van der Waals surface area contributed by atoms with E-state index >= 15 is 0 Å². The minimum absolute atomic E-state index is 0.000328. The van der Waals surface area contributed by atoms with E-state index in [9.17, 15) is 34.5 Å². The van der Waals surface area contributed by atoms with Crippen LogP contribution in [-0.2, 0) is 32.1 Å². The van der Waals surface area contributed by atoms with E-state index in [1.807, 2.05) is 19.9 Å². The fourth-order valence-corrected chi connectivity index (χ4v) is 6.99. The highest BCUT2D eigenvalue weighted by Gasteiger charge is 2.67. The molecule has 3 aliphatic rings. The molecule has 3 aliphatic carbocycles. The van der Waals surface area contributed by atoms with Crippen LogP contribution in [0.15, 0.2) is 34.6 Å². The summed E-state index contributed by atoms with van der Waals surface area (Å²) in [7, 11) is 3.12. The molecule has 0 radical (unpaired) electrons. The molecule has 1 aromatic carbocycles. The Morgan fingerprint density at radius 3 is 2.41 bits per heavy atom. The van der Waals surface area contributed by atoms with Crippen molar-refractivity contribution in [2.45, 2.75) is 44.9 Å². The second-order valence-electron chi connectivity index (χ2n) is 11.4. The number of aliphatic hydroxyl groups excluding tert-OH is 1. The summed E-state index contributed by atoms with van der Waals surface area (Å²) in [5, 5.41) is 34.9. The van der Waals surface area contributed by atoms with Crippen molar-refractivity contribution in [3.05, 3.63) is 46.9 Å². The lowest BCUT2D eigenvalue weighted by molar-refractivity contribution is -0.175. The van der Waals surface area contributed by atoms with Gasteiger partial charge in [0.15, 0.2) is 23.1 Å². The first kappa shape index (κ1) is 28.7. The largest absolute Gasteiger partial charge is 0.507 e. The smallest absolute Gasteiger partial charge is 0.235 e. The summed E-state index contributed by atoms with van der Waals surface area (Å²) in [6, 6.07) is 2.48. The van der Waals surface area contributed by atoms with Gasteiger partial charge in [0.2, 0.25) is 11.7 Å². The minimum atomic E-state index is -2.75. The van der Waals surface area contributed by atoms with E-state index in [1.54, 1.807) is 26.4 Å². The summed E-state index contributed by atoms with van der Waals surface area (Å²) in [4.78, 5) is 56.6. The molecule has 5 rings (SSSR count). The van der Waals surface area contributed by atoms with E-state index in [0.29, 0.717) is 36.3 Å². The van der Waals surface area contributed by atoms with Crippen molar-refractivity contribution in [1.29, 1.82) is 0 Å². The standard InChI is InChI=1S/C30H35N3O8/c1-5-33(6-2)12-16-10-17(14-7-8-41-13-14)18-9-15-11-19-23(32(3)4)26(36)22(29(31)39)28(38)30(19,40)27(37)20(15)25(35)21(18)24(16)34/h7-8,10,13,15,19,22-23,34-35,40H,5-6,9,11-12H2,1-4H3,(H2,31,39)/t15-,19-,22?,23-,30-/m0/s1. The molecule has 11 nitrogen and oxygen atoms in total. The zero-order valence-electron chi connectivity index (χ0n) is 23.5. The van der Waals surface area contributed by atoms with Crippen molar-refractivity contribution in [3.63, 3.8) is 0 Å². The molecule has 41 heavy (non-hydrogen) atoms. The van der Waals surface area contributed by atoms with E-state index in [1.165, 1.54) is 11.2 Å². The molecule has 5 N–H and O–H groups in total. The van der Waals surface area contributed by atoms with Crippen LogP contribution in [0.25, 0.3) is 16.9 Å². The normalized spacial score (nSPS) is 27.7. The third kappa shape index (κ3) is 4.13. The third-order valence-electron chi connectivity index (χ3n) is 9.06. The Hall–Kier alpha value is -3.80. The van der Waals surface area contributed by atoms with Gasteiger partial charge in [-0.25, -0.2) is 0 Å². The number of hydrogen-bond acceptors (Lipinski definition) is 10. The van der Waals surface area contributed by atoms with Crippen LogP contribution in [0.5, 0.6) is 5.75 Å². The van der Waals surface area contributed by atoms with Gasteiger partial charge in [-0.15, -0.1) is 0 Å². The van der Waals surface area contributed by atoms with E-state index in [2.05, 4.69) is 4.90 Å². The van der Waals surface area contributed by atoms with E-state index in [-0.39, 0.29) is 29.7 Å². The number of aliphatic hydroxyl groups is 2. The average molecular weight is 566 g/mol. The molecular formula is C30H35N3O8. The van der Waals surface area contributed by atoms with Gasteiger partial charge in [0.25, 0.3) is 0 Å². The van der Waals surface area contributed by atoms with Crippen LogP contribution in [-0.4, -0.2) is 87.2 Å². The minimum Gasteiger partial charge on any atom is -0.507 e. The molecule has 5 atom stereocenters. The molecule has 1 heterocycles. The van der Waals surface area contributed by atoms with Crippen LogP contribution < -0.4 is 5.73 Å². The quantitative estimate of drug-likeness (QED) is 0.360. The summed E-state index contributed by atoms with van der Waals surface area (Å²) in [5.74, 6) is -8.92. The fraction of sp³-hybridized carbons (Fsp3) is 0.467. The van der Waals surface area contributed by atoms with Crippen LogP contribution in [0, 0.1) is 17.8 Å². The number of nitrogens with zero attached hydrogens (tertiary/aromatic N) is 2. The van der Waals surface area contributed by atoms with Gasteiger partial charge in [-0.1, -0.05) is 13.8 Å². The Kier molecular flexibility index (Phi) is 7.17. The van der Waals surface area contributed by atoms with Crippen molar-refractivity contribution >= 4 is 29.0 Å². The first-order chi connectivity index (χ1) is 19.4. The number of aromatic hydroxyl groups is 1. The molecular weight excluding hydrogens is 530 g/mol. The topological polar surface area (TPSA) is 175 Å². The maximum atomic E-state index is 14.1. The highest BCUT2D eigenvalue weighted by molar-refractivity contribution is 6.32. The first-order valence-electron chi connectivity index (χ1n) is 13.7. The van der Waals surface area contributed by atoms with Crippen LogP contribution in [0.2, 0.25) is 0 Å². The van der Waals surface area contributed by atoms with Gasteiger partial charge in [0, 0.05) is 29.2 Å². The molecule has 1 unspecified atom stereocenters. The number of carbonyl (C=O) groups excluding carboxylic acids is 4. The van der Waals surface area contributed by atoms with E-state index in [0.717, 1.165) is 5.56 Å². The van der Waals surface area contributed by atoms with Crippen LogP contribution in [0.1, 0.15) is 37.0 Å². The summed E-state index contributed by atoms with van der Waals surface area (Å²) >= 11 is 0. The summed E-state index contributed by atoms with van der Waals surface area (Å²) < 4.78 is 5.33. The molecule has 0 spiro atoms. The first-order valence-corrected chi connectivity index (χ1v) is 13.7. The van der Waals surface area contributed by atoms with Crippen LogP contribution >= 0.6 is 0 Å². The van der Waals surface area contributed by atoms with Gasteiger partial charge in [-0.3, -0.25) is 29.0 Å². The number of ketones is 3. The number of Topliss-reactive ketones (excluding diaryl/α,β-unsaturated/α-hetero) is 3. The molecule has 2 fully saturated rings. The van der Waals surface area contributed by atoms with Gasteiger partial charge < -0.3 is 25.5 Å². The predicted octanol–water partition coefficient (Wildman–Crippen LogP) is 1.44. The van der Waals surface area contributed by atoms with Gasteiger partial charge in [0.05, 0.1) is 24.1 Å².